The Hall–Kier alpha value is -3.21. The van der Waals surface area contributed by atoms with Gasteiger partial charge >= 0.3 is 0 Å². The Morgan fingerprint density at radius 2 is 1.73 bits per heavy atom. The molecular weight excluding hydrogens is 326 g/mol. The average molecular weight is 345 g/mol. The van der Waals surface area contributed by atoms with Crippen LogP contribution < -0.4 is 5.32 Å². The number of hydrogen-bond acceptors (Lipinski definition) is 3. The molecule has 1 fully saturated rings. The third kappa shape index (κ3) is 3.16. The summed E-state index contributed by atoms with van der Waals surface area (Å²) in [6.45, 7) is 0.570. The lowest BCUT2D eigenvalue weighted by Crippen LogP contribution is -2.43. The van der Waals surface area contributed by atoms with Crippen molar-refractivity contribution in [3.05, 3.63) is 72.4 Å². The van der Waals surface area contributed by atoms with Crippen LogP contribution in [0.4, 0.5) is 5.69 Å². The molecule has 1 aromatic heterocycles. The van der Waals surface area contributed by atoms with Gasteiger partial charge in [0.15, 0.2) is 0 Å². The fraction of sp³-hybridized carbons (Fsp3) is 0.190. The summed E-state index contributed by atoms with van der Waals surface area (Å²) in [7, 11) is 0. The van der Waals surface area contributed by atoms with Crippen molar-refractivity contribution in [2.45, 2.75) is 18.9 Å². The van der Waals surface area contributed by atoms with E-state index in [1.54, 1.807) is 11.0 Å². The summed E-state index contributed by atoms with van der Waals surface area (Å²) in [4.78, 5) is 31.7. The minimum absolute atomic E-state index is 0.150. The van der Waals surface area contributed by atoms with Gasteiger partial charge in [-0.3, -0.25) is 9.59 Å². The predicted molar refractivity (Wildman–Crippen MR) is 101 cm³/mol. The monoisotopic (exact) mass is 345 g/mol. The molecule has 1 aliphatic rings. The first kappa shape index (κ1) is 16.3. The average Bonchev–Trinajstić information content (AvgIpc) is 3.18. The first-order valence-electron chi connectivity index (χ1n) is 8.75. The van der Waals surface area contributed by atoms with Gasteiger partial charge in [-0.15, -0.1) is 0 Å². The van der Waals surface area contributed by atoms with Crippen LogP contribution in [0.5, 0.6) is 0 Å². The van der Waals surface area contributed by atoms with E-state index in [-0.39, 0.29) is 11.8 Å². The SMILES string of the molecule is O=C(Nc1ccccc1)C1CCCN1C(=O)c1ccc2ccccc2n1. The van der Waals surface area contributed by atoms with Gasteiger partial charge in [0.05, 0.1) is 5.52 Å². The van der Waals surface area contributed by atoms with Crippen molar-refractivity contribution in [3.63, 3.8) is 0 Å². The second kappa shape index (κ2) is 6.96. The molecule has 1 unspecified atom stereocenters. The summed E-state index contributed by atoms with van der Waals surface area (Å²) < 4.78 is 0. The van der Waals surface area contributed by atoms with Crippen LogP contribution in [0.1, 0.15) is 23.3 Å². The summed E-state index contributed by atoms with van der Waals surface area (Å²) in [5.74, 6) is -0.343. The van der Waals surface area contributed by atoms with Crippen molar-refractivity contribution in [1.29, 1.82) is 0 Å². The Kier molecular flexibility index (Phi) is 4.35. The van der Waals surface area contributed by atoms with Crippen LogP contribution in [0.15, 0.2) is 66.7 Å². The minimum atomic E-state index is -0.462. The van der Waals surface area contributed by atoms with Crippen LogP contribution >= 0.6 is 0 Å². The zero-order valence-corrected chi connectivity index (χ0v) is 14.3. The molecule has 0 saturated carbocycles. The molecule has 5 nitrogen and oxygen atoms in total. The molecule has 0 radical (unpaired) electrons. The first-order valence-corrected chi connectivity index (χ1v) is 8.75. The van der Waals surface area contributed by atoms with E-state index in [0.29, 0.717) is 18.7 Å². The van der Waals surface area contributed by atoms with Crippen LogP contribution in [0.3, 0.4) is 0 Å². The second-order valence-electron chi connectivity index (χ2n) is 6.40. The van der Waals surface area contributed by atoms with Crippen LogP contribution in [0.2, 0.25) is 0 Å². The number of nitrogens with zero attached hydrogens (tertiary/aromatic N) is 2. The molecule has 26 heavy (non-hydrogen) atoms. The summed E-state index contributed by atoms with van der Waals surface area (Å²) in [5.41, 5.74) is 1.89. The Morgan fingerprint density at radius 3 is 2.58 bits per heavy atom. The maximum absolute atomic E-state index is 12.9. The smallest absolute Gasteiger partial charge is 0.273 e. The summed E-state index contributed by atoms with van der Waals surface area (Å²) >= 11 is 0. The largest absolute Gasteiger partial charge is 0.325 e. The number of amides is 2. The summed E-state index contributed by atoms with van der Waals surface area (Å²) in [5, 5.41) is 3.89. The highest BCUT2D eigenvalue weighted by Gasteiger charge is 2.35. The lowest BCUT2D eigenvalue weighted by Gasteiger charge is -2.23. The molecular formula is C21H19N3O2. The number of anilines is 1. The van der Waals surface area contributed by atoms with Crippen molar-refractivity contribution in [3.8, 4) is 0 Å². The van der Waals surface area contributed by atoms with Crippen molar-refractivity contribution in [2.24, 2.45) is 0 Å². The van der Waals surface area contributed by atoms with Gasteiger partial charge in [0.2, 0.25) is 5.91 Å². The predicted octanol–water partition coefficient (Wildman–Crippen LogP) is 3.48. The zero-order chi connectivity index (χ0) is 17.9. The van der Waals surface area contributed by atoms with Crippen LogP contribution in [-0.4, -0.2) is 34.3 Å². The van der Waals surface area contributed by atoms with E-state index in [0.717, 1.165) is 23.0 Å². The lowest BCUT2D eigenvalue weighted by molar-refractivity contribution is -0.119. The Morgan fingerprint density at radius 1 is 0.962 bits per heavy atom. The lowest BCUT2D eigenvalue weighted by atomic mass is 10.1. The van der Waals surface area contributed by atoms with Crippen LogP contribution in [-0.2, 0) is 4.79 Å². The third-order valence-electron chi connectivity index (χ3n) is 4.68. The van der Waals surface area contributed by atoms with Gasteiger partial charge in [0, 0.05) is 17.6 Å². The summed E-state index contributed by atoms with van der Waals surface area (Å²) in [6, 6.07) is 20.2. The van der Waals surface area contributed by atoms with E-state index in [2.05, 4.69) is 10.3 Å². The zero-order valence-electron chi connectivity index (χ0n) is 14.3. The Labute approximate surface area is 151 Å². The number of rotatable bonds is 3. The van der Waals surface area contributed by atoms with E-state index in [1.807, 2.05) is 60.7 Å². The van der Waals surface area contributed by atoms with Gasteiger partial charge in [0.25, 0.3) is 5.91 Å². The van der Waals surface area contributed by atoms with Crippen molar-refractivity contribution >= 4 is 28.4 Å². The highest BCUT2D eigenvalue weighted by molar-refractivity contribution is 6.01. The number of carbonyl (C=O) groups is 2. The normalized spacial score (nSPS) is 16.6. The highest BCUT2D eigenvalue weighted by atomic mass is 16.2. The topological polar surface area (TPSA) is 62.3 Å². The molecule has 2 amide bonds. The molecule has 5 heteroatoms. The number of aromatic nitrogens is 1. The maximum Gasteiger partial charge on any atom is 0.273 e. The van der Waals surface area contributed by atoms with E-state index >= 15 is 0 Å². The molecule has 3 aromatic rings. The quantitative estimate of drug-likeness (QED) is 0.790. The Bertz CT molecular complexity index is 956. The maximum atomic E-state index is 12.9. The third-order valence-corrected chi connectivity index (χ3v) is 4.68. The van der Waals surface area contributed by atoms with Crippen molar-refractivity contribution in [2.75, 3.05) is 11.9 Å². The van der Waals surface area contributed by atoms with Crippen LogP contribution in [0, 0.1) is 0 Å². The number of pyridine rings is 1. The number of carbonyl (C=O) groups excluding carboxylic acids is 2. The van der Waals surface area contributed by atoms with E-state index < -0.39 is 6.04 Å². The Balaban J connectivity index is 1.55. The molecule has 1 aliphatic heterocycles. The standard InChI is InChI=1S/C21H19N3O2/c25-20(22-16-8-2-1-3-9-16)19-11-6-14-24(19)21(26)18-13-12-15-7-4-5-10-17(15)23-18/h1-5,7-10,12-13,19H,6,11,14H2,(H,22,25). The highest BCUT2D eigenvalue weighted by Crippen LogP contribution is 2.22. The van der Waals surface area contributed by atoms with Gasteiger partial charge < -0.3 is 10.2 Å². The first-order chi connectivity index (χ1) is 12.7. The molecule has 0 spiro atoms. The number of nitrogens with one attached hydrogen (secondary N) is 1. The molecule has 2 heterocycles. The minimum Gasteiger partial charge on any atom is -0.325 e. The fourth-order valence-corrected chi connectivity index (χ4v) is 3.36. The molecule has 1 N–H and O–H groups in total. The summed E-state index contributed by atoms with van der Waals surface area (Å²) in [6.07, 6.45) is 1.48. The molecule has 1 saturated heterocycles. The number of likely N-dealkylation sites (tertiary alicyclic amines) is 1. The number of hydrogen-bond donors (Lipinski definition) is 1. The second-order valence-corrected chi connectivity index (χ2v) is 6.40. The molecule has 130 valence electrons. The van der Waals surface area contributed by atoms with Gasteiger partial charge in [0.1, 0.15) is 11.7 Å². The van der Waals surface area contributed by atoms with E-state index in [1.165, 1.54) is 0 Å². The number of fused-ring (bicyclic) bond motifs is 1. The number of benzene rings is 2. The van der Waals surface area contributed by atoms with Crippen molar-refractivity contribution in [1.82, 2.24) is 9.88 Å². The molecule has 4 rings (SSSR count). The van der Waals surface area contributed by atoms with Gasteiger partial charge in [-0.05, 0) is 37.1 Å². The molecule has 1 atom stereocenters. The van der Waals surface area contributed by atoms with Crippen molar-refractivity contribution < 1.29 is 9.59 Å². The molecule has 0 bridgehead atoms. The van der Waals surface area contributed by atoms with Crippen LogP contribution in [0.25, 0.3) is 10.9 Å². The molecule has 2 aromatic carbocycles. The number of para-hydroxylation sites is 2. The fourth-order valence-electron chi connectivity index (χ4n) is 3.36. The van der Waals surface area contributed by atoms with Gasteiger partial charge in [-0.25, -0.2) is 4.98 Å². The van der Waals surface area contributed by atoms with E-state index in [4.69, 9.17) is 0 Å². The van der Waals surface area contributed by atoms with Gasteiger partial charge in [-0.2, -0.15) is 0 Å². The van der Waals surface area contributed by atoms with Gasteiger partial charge in [-0.1, -0.05) is 42.5 Å². The molecule has 0 aliphatic carbocycles. The van der Waals surface area contributed by atoms with E-state index in [9.17, 15) is 9.59 Å².